The summed E-state index contributed by atoms with van der Waals surface area (Å²) in [5.41, 5.74) is -0.198. The van der Waals surface area contributed by atoms with E-state index in [0.29, 0.717) is 5.92 Å². The minimum Gasteiger partial charge on any atom is -0.417 e. The molecular formula is C15H32O2Si. The molecule has 108 valence electrons. The fourth-order valence-corrected chi connectivity index (χ4v) is 2.52. The topological polar surface area (TPSA) is 29.5 Å². The minimum absolute atomic E-state index is 0.151. The van der Waals surface area contributed by atoms with Crippen molar-refractivity contribution < 1.29 is 9.53 Å². The van der Waals surface area contributed by atoms with Crippen LogP contribution in [0.4, 0.5) is 0 Å². The van der Waals surface area contributed by atoms with Gasteiger partial charge in [0.2, 0.25) is 0 Å². The highest BCUT2D eigenvalue weighted by Crippen LogP contribution is 2.37. The molecule has 0 aliphatic rings. The number of rotatable bonds is 7. The van der Waals surface area contributed by atoms with Gasteiger partial charge in [0, 0.05) is 12.0 Å². The molecule has 0 spiro atoms. The van der Waals surface area contributed by atoms with Crippen LogP contribution in [-0.2, 0) is 4.43 Å². The first kappa shape index (κ1) is 17.9. The van der Waals surface area contributed by atoms with Gasteiger partial charge in [-0.15, -0.1) is 6.58 Å². The van der Waals surface area contributed by atoms with Crippen LogP contribution < -0.4 is 0 Å². The Labute approximate surface area is 115 Å². The van der Waals surface area contributed by atoms with Gasteiger partial charge in [-0.1, -0.05) is 40.7 Å². The third-order valence-electron chi connectivity index (χ3n) is 4.75. The summed E-state index contributed by atoms with van der Waals surface area (Å²) in [6, 6.07) is 0. The van der Waals surface area contributed by atoms with Crippen molar-refractivity contribution in [3.63, 3.8) is 0 Å². The van der Waals surface area contributed by atoms with Crippen molar-refractivity contribution in [2.24, 2.45) is 11.3 Å². The molecule has 0 unspecified atom stereocenters. The molecule has 2 atom stereocenters. The third kappa shape index (κ3) is 4.52. The molecule has 18 heavy (non-hydrogen) atoms. The second-order valence-electron chi connectivity index (χ2n) is 7.17. The van der Waals surface area contributed by atoms with Crippen LogP contribution in [0, 0.1) is 11.3 Å². The maximum atomic E-state index is 9.44. The van der Waals surface area contributed by atoms with Crippen molar-refractivity contribution in [2.75, 3.05) is 13.2 Å². The molecule has 0 fully saturated rings. The Morgan fingerprint density at radius 1 is 1.28 bits per heavy atom. The summed E-state index contributed by atoms with van der Waals surface area (Å²) in [5.74, 6) is 0.379. The number of hydrogen-bond donors (Lipinski definition) is 1. The van der Waals surface area contributed by atoms with Crippen LogP contribution in [0.1, 0.15) is 41.0 Å². The molecule has 0 aromatic carbocycles. The lowest BCUT2D eigenvalue weighted by atomic mass is 9.77. The standard InChI is InChI=1S/C15H32O2Si/c1-9-15(6,12-16)13(2)10-11-17-18(7,8)14(3,4)5/h9,13,16H,1,10-12H2,2-8H3/t13-,15-/m1/s1. The van der Waals surface area contributed by atoms with E-state index >= 15 is 0 Å². The summed E-state index contributed by atoms with van der Waals surface area (Å²) in [4.78, 5) is 0. The second kappa shape index (κ2) is 6.35. The molecule has 0 aromatic heterocycles. The zero-order chi connectivity index (χ0) is 14.6. The van der Waals surface area contributed by atoms with E-state index in [1.54, 1.807) is 0 Å². The molecule has 0 saturated heterocycles. The number of hydrogen-bond acceptors (Lipinski definition) is 2. The first-order valence-corrected chi connectivity index (χ1v) is 9.79. The Morgan fingerprint density at radius 3 is 2.11 bits per heavy atom. The Morgan fingerprint density at radius 2 is 1.78 bits per heavy atom. The van der Waals surface area contributed by atoms with Gasteiger partial charge in [0.1, 0.15) is 0 Å². The Bertz CT molecular complexity index is 268. The summed E-state index contributed by atoms with van der Waals surface area (Å²) >= 11 is 0. The van der Waals surface area contributed by atoms with Crippen LogP contribution in [0.2, 0.25) is 18.1 Å². The van der Waals surface area contributed by atoms with Crippen LogP contribution in [0.25, 0.3) is 0 Å². The van der Waals surface area contributed by atoms with E-state index < -0.39 is 8.32 Å². The molecule has 0 aliphatic carbocycles. The van der Waals surface area contributed by atoms with E-state index in [-0.39, 0.29) is 17.1 Å². The Balaban J connectivity index is 4.33. The van der Waals surface area contributed by atoms with Crippen molar-refractivity contribution in [1.29, 1.82) is 0 Å². The van der Waals surface area contributed by atoms with Crippen LogP contribution in [0.5, 0.6) is 0 Å². The molecule has 0 aromatic rings. The maximum Gasteiger partial charge on any atom is 0.191 e. The molecular weight excluding hydrogens is 240 g/mol. The molecule has 0 aliphatic heterocycles. The van der Waals surface area contributed by atoms with Crippen LogP contribution >= 0.6 is 0 Å². The second-order valence-corrected chi connectivity index (χ2v) is 12.0. The first-order valence-electron chi connectivity index (χ1n) is 6.88. The largest absolute Gasteiger partial charge is 0.417 e. The van der Waals surface area contributed by atoms with E-state index in [1.165, 1.54) is 0 Å². The predicted molar refractivity (Wildman–Crippen MR) is 82.3 cm³/mol. The first-order chi connectivity index (χ1) is 8.00. The van der Waals surface area contributed by atoms with Crippen molar-refractivity contribution in [3.8, 4) is 0 Å². The lowest BCUT2D eigenvalue weighted by Crippen LogP contribution is -2.41. The highest BCUT2D eigenvalue weighted by Gasteiger charge is 2.37. The van der Waals surface area contributed by atoms with Crippen molar-refractivity contribution in [2.45, 2.75) is 59.2 Å². The van der Waals surface area contributed by atoms with E-state index in [1.807, 2.05) is 6.08 Å². The van der Waals surface area contributed by atoms with Gasteiger partial charge >= 0.3 is 0 Å². The van der Waals surface area contributed by atoms with E-state index in [4.69, 9.17) is 4.43 Å². The molecule has 0 rings (SSSR count). The summed E-state index contributed by atoms with van der Waals surface area (Å²) in [5, 5.41) is 9.70. The van der Waals surface area contributed by atoms with Crippen molar-refractivity contribution in [1.82, 2.24) is 0 Å². The van der Waals surface area contributed by atoms with Gasteiger partial charge in [-0.25, -0.2) is 0 Å². The zero-order valence-electron chi connectivity index (χ0n) is 13.3. The average Bonchev–Trinajstić information content (AvgIpc) is 2.26. The summed E-state index contributed by atoms with van der Waals surface area (Å²) in [6.07, 6.45) is 2.83. The lowest BCUT2D eigenvalue weighted by Gasteiger charge is -2.37. The van der Waals surface area contributed by atoms with Crippen LogP contribution in [0.3, 0.4) is 0 Å². The monoisotopic (exact) mass is 272 g/mol. The Hall–Kier alpha value is -0.123. The minimum atomic E-state index is -1.64. The van der Waals surface area contributed by atoms with Gasteiger partial charge in [-0.2, -0.15) is 0 Å². The van der Waals surface area contributed by atoms with Gasteiger partial charge in [0.25, 0.3) is 0 Å². The highest BCUT2D eigenvalue weighted by atomic mass is 28.4. The van der Waals surface area contributed by atoms with Crippen molar-refractivity contribution >= 4 is 8.32 Å². The lowest BCUT2D eigenvalue weighted by molar-refractivity contribution is 0.114. The van der Waals surface area contributed by atoms with Gasteiger partial charge in [0.15, 0.2) is 8.32 Å². The van der Waals surface area contributed by atoms with Crippen LogP contribution in [0.15, 0.2) is 12.7 Å². The predicted octanol–water partition coefficient (Wildman–Crippen LogP) is 4.22. The van der Waals surface area contributed by atoms with Gasteiger partial charge in [-0.3, -0.25) is 0 Å². The summed E-state index contributed by atoms with van der Waals surface area (Å²) < 4.78 is 6.17. The Kier molecular flexibility index (Phi) is 6.31. The SMILES string of the molecule is C=C[C@](C)(CO)[C@H](C)CCO[Si](C)(C)C(C)(C)C. The molecule has 0 radical (unpaired) electrons. The zero-order valence-corrected chi connectivity index (χ0v) is 14.3. The number of aliphatic hydroxyl groups is 1. The summed E-state index contributed by atoms with van der Waals surface area (Å²) in [7, 11) is -1.64. The van der Waals surface area contributed by atoms with Crippen molar-refractivity contribution in [3.05, 3.63) is 12.7 Å². The maximum absolute atomic E-state index is 9.44. The van der Waals surface area contributed by atoms with E-state index in [0.717, 1.165) is 13.0 Å². The van der Waals surface area contributed by atoms with Gasteiger partial charge in [0.05, 0.1) is 6.61 Å². The fourth-order valence-electron chi connectivity index (χ4n) is 1.46. The van der Waals surface area contributed by atoms with Crippen LogP contribution in [-0.4, -0.2) is 26.6 Å². The van der Waals surface area contributed by atoms with E-state index in [9.17, 15) is 5.11 Å². The molecule has 3 heteroatoms. The molecule has 0 saturated carbocycles. The summed E-state index contributed by atoms with van der Waals surface area (Å²) in [6.45, 7) is 20.3. The molecule has 1 N–H and O–H groups in total. The fraction of sp³-hybridized carbons (Fsp3) is 0.867. The van der Waals surface area contributed by atoms with Gasteiger partial charge < -0.3 is 9.53 Å². The van der Waals surface area contributed by atoms with E-state index in [2.05, 4.69) is 54.3 Å². The highest BCUT2D eigenvalue weighted by molar-refractivity contribution is 6.74. The molecule has 0 bridgehead atoms. The molecule has 0 heterocycles. The third-order valence-corrected chi connectivity index (χ3v) is 9.29. The normalized spacial score (nSPS) is 18.2. The quantitative estimate of drug-likeness (QED) is 0.555. The molecule has 2 nitrogen and oxygen atoms in total. The molecule has 0 amide bonds. The van der Waals surface area contributed by atoms with Gasteiger partial charge in [-0.05, 0) is 30.5 Å². The smallest absolute Gasteiger partial charge is 0.191 e. The average molecular weight is 273 g/mol. The number of aliphatic hydroxyl groups excluding tert-OH is 1.